The number of pyridine rings is 1. The van der Waals surface area contributed by atoms with Crippen molar-refractivity contribution >= 4 is 11.0 Å². The van der Waals surface area contributed by atoms with Crippen LogP contribution in [0.3, 0.4) is 0 Å². The number of hydrogen-bond donors (Lipinski definition) is 2. The zero-order chi connectivity index (χ0) is 16.7. The summed E-state index contributed by atoms with van der Waals surface area (Å²) in [5, 5.41) is 1.16. The molecular weight excluding hydrogens is 302 g/mol. The lowest BCUT2D eigenvalue weighted by atomic mass is 10.0. The van der Waals surface area contributed by atoms with E-state index in [4.69, 9.17) is 4.98 Å². The van der Waals surface area contributed by atoms with Crippen molar-refractivity contribution in [3.8, 4) is 0 Å². The van der Waals surface area contributed by atoms with Crippen LogP contribution in [-0.4, -0.2) is 31.4 Å². The minimum Gasteiger partial charge on any atom is -0.346 e. The highest BCUT2D eigenvalue weighted by Gasteiger charge is 2.22. The molecule has 0 unspecified atom stereocenters. The number of fused-ring (bicyclic) bond motifs is 2. The molecule has 0 atom stereocenters. The second-order valence-electron chi connectivity index (χ2n) is 6.71. The number of hydrogen-bond acceptors (Lipinski definition) is 4. The summed E-state index contributed by atoms with van der Waals surface area (Å²) in [6, 6.07) is 4.05. The van der Waals surface area contributed by atoms with E-state index >= 15 is 0 Å². The molecule has 24 heavy (non-hydrogen) atoms. The molecule has 1 aliphatic heterocycles. The SMILES string of the molecule is CC(C)c1nc2c(c(=O)[nH]1)CCN(Cc1c[nH]c3ncccc13)C2. The third-order valence-electron chi connectivity index (χ3n) is 4.65. The van der Waals surface area contributed by atoms with Crippen molar-refractivity contribution in [3.63, 3.8) is 0 Å². The summed E-state index contributed by atoms with van der Waals surface area (Å²) < 4.78 is 0. The molecule has 124 valence electrons. The summed E-state index contributed by atoms with van der Waals surface area (Å²) >= 11 is 0. The molecule has 1 aliphatic rings. The maximum Gasteiger partial charge on any atom is 0.254 e. The van der Waals surface area contributed by atoms with E-state index in [0.717, 1.165) is 47.6 Å². The van der Waals surface area contributed by atoms with Gasteiger partial charge in [0.05, 0.1) is 5.69 Å². The smallest absolute Gasteiger partial charge is 0.254 e. The van der Waals surface area contributed by atoms with Gasteiger partial charge in [0, 0.05) is 48.9 Å². The molecule has 0 bridgehead atoms. The fourth-order valence-electron chi connectivity index (χ4n) is 3.31. The van der Waals surface area contributed by atoms with Crippen molar-refractivity contribution in [2.24, 2.45) is 0 Å². The van der Waals surface area contributed by atoms with Gasteiger partial charge in [-0.1, -0.05) is 13.8 Å². The number of nitrogens with zero attached hydrogens (tertiary/aromatic N) is 3. The van der Waals surface area contributed by atoms with Crippen LogP contribution in [0, 0.1) is 0 Å². The Hall–Kier alpha value is -2.47. The van der Waals surface area contributed by atoms with Crippen LogP contribution >= 0.6 is 0 Å². The van der Waals surface area contributed by atoms with E-state index < -0.39 is 0 Å². The molecule has 0 amide bonds. The van der Waals surface area contributed by atoms with Gasteiger partial charge < -0.3 is 9.97 Å². The minimum atomic E-state index is 0.0274. The van der Waals surface area contributed by atoms with Crippen LogP contribution in [0.25, 0.3) is 11.0 Å². The Kier molecular flexibility index (Phi) is 3.69. The third-order valence-corrected chi connectivity index (χ3v) is 4.65. The normalized spacial score (nSPS) is 15.1. The van der Waals surface area contributed by atoms with Crippen molar-refractivity contribution in [1.29, 1.82) is 0 Å². The Bertz CT molecular complexity index is 940. The lowest BCUT2D eigenvalue weighted by Gasteiger charge is -2.27. The molecule has 0 fully saturated rings. The molecular formula is C18H21N5O. The first-order valence-corrected chi connectivity index (χ1v) is 8.37. The molecule has 0 saturated heterocycles. The standard InChI is InChI=1S/C18H21N5O/c1-11(2)16-21-15-10-23(7-5-14(15)18(24)22-16)9-12-8-20-17-13(12)4-3-6-19-17/h3-4,6,8,11H,5,7,9-10H2,1-2H3,(H,19,20)(H,21,22,24). The molecule has 6 heteroatoms. The topological polar surface area (TPSA) is 77.7 Å². The van der Waals surface area contributed by atoms with Crippen molar-refractivity contribution < 1.29 is 0 Å². The van der Waals surface area contributed by atoms with Gasteiger partial charge in [0.25, 0.3) is 5.56 Å². The van der Waals surface area contributed by atoms with Gasteiger partial charge in [-0.25, -0.2) is 9.97 Å². The van der Waals surface area contributed by atoms with Gasteiger partial charge in [0.1, 0.15) is 11.5 Å². The van der Waals surface area contributed by atoms with Gasteiger partial charge in [-0.05, 0) is 24.1 Å². The van der Waals surface area contributed by atoms with Gasteiger partial charge >= 0.3 is 0 Å². The van der Waals surface area contributed by atoms with Crippen LogP contribution in [-0.2, 0) is 19.5 Å². The van der Waals surface area contributed by atoms with Crippen LogP contribution in [0.4, 0.5) is 0 Å². The number of aromatic nitrogens is 4. The van der Waals surface area contributed by atoms with Crippen LogP contribution in [0.15, 0.2) is 29.3 Å². The first kappa shape index (κ1) is 15.1. The van der Waals surface area contributed by atoms with E-state index in [9.17, 15) is 4.79 Å². The van der Waals surface area contributed by atoms with E-state index in [1.807, 2.05) is 26.1 Å². The number of nitrogens with one attached hydrogen (secondary N) is 2. The predicted octanol–water partition coefficient (Wildman–Crippen LogP) is 2.33. The molecule has 3 aromatic rings. The molecule has 0 aliphatic carbocycles. The molecule has 4 rings (SSSR count). The molecule has 2 N–H and O–H groups in total. The van der Waals surface area contributed by atoms with E-state index in [1.54, 1.807) is 6.20 Å². The minimum absolute atomic E-state index is 0.0274. The highest BCUT2D eigenvalue weighted by Crippen LogP contribution is 2.22. The van der Waals surface area contributed by atoms with Crippen molar-refractivity contribution in [2.45, 2.75) is 39.3 Å². The summed E-state index contributed by atoms with van der Waals surface area (Å²) in [4.78, 5) is 29.8. The molecule has 0 spiro atoms. The fourth-order valence-corrected chi connectivity index (χ4v) is 3.31. The summed E-state index contributed by atoms with van der Waals surface area (Å²) in [5.74, 6) is 0.995. The third kappa shape index (κ3) is 2.63. The van der Waals surface area contributed by atoms with Gasteiger partial charge in [0.2, 0.25) is 0 Å². The summed E-state index contributed by atoms with van der Waals surface area (Å²) in [6.45, 7) is 6.50. The molecule has 0 radical (unpaired) electrons. The van der Waals surface area contributed by atoms with E-state index in [1.165, 1.54) is 5.56 Å². The van der Waals surface area contributed by atoms with Crippen LogP contribution in [0.5, 0.6) is 0 Å². The number of H-pyrrole nitrogens is 2. The lowest BCUT2D eigenvalue weighted by Crippen LogP contribution is -2.35. The Morgan fingerprint density at radius 2 is 2.25 bits per heavy atom. The molecule has 0 saturated carbocycles. The number of rotatable bonds is 3. The fraction of sp³-hybridized carbons (Fsp3) is 0.389. The van der Waals surface area contributed by atoms with Gasteiger partial charge in [0.15, 0.2) is 0 Å². The Morgan fingerprint density at radius 1 is 1.38 bits per heavy atom. The Labute approximate surface area is 140 Å². The molecule has 0 aromatic carbocycles. The second kappa shape index (κ2) is 5.87. The van der Waals surface area contributed by atoms with Crippen molar-refractivity contribution in [1.82, 2.24) is 24.8 Å². The highest BCUT2D eigenvalue weighted by atomic mass is 16.1. The highest BCUT2D eigenvalue weighted by molar-refractivity contribution is 5.79. The molecule has 3 aromatic heterocycles. The van der Waals surface area contributed by atoms with E-state index in [0.29, 0.717) is 6.54 Å². The van der Waals surface area contributed by atoms with Crippen LogP contribution in [0.2, 0.25) is 0 Å². The van der Waals surface area contributed by atoms with E-state index in [2.05, 4.69) is 25.9 Å². The monoisotopic (exact) mass is 323 g/mol. The maximum absolute atomic E-state index is 12.3. The van der Waals surface area contributed by atoms with Crippen molar-refractivity contribution in [2.75, 3.05) is 6.54 Å². The van der Waals surface area contributed by atoms with Crippen molar-refractivity contribution in [3.05, 3.63) is 57.5 Å². The Morgan fingerprint density at radius 3 is 3.08 bits per heavy atom. The average molecular weight is 323 g/mol. The van der Waals surface area contributed by atoms with Gasteiger partial charge in [-0.15, -0.1) is 0 Å². The second-order valence-corrected chi connectivity index (χ2v) is 6.71. The molecule has 6 nitrogen and oxygen atoms in total. The Balaban J connectivity index is 1.61. The summed E-state index contributed by atoms with van der Waals surface area (Å²) in [7, 11) is 0. The van der Waals surface area contributed by atoms with E-state index in [-0.39, 0.29) is 11.5 Å². The quantitative estimate of drug-likeness (QED) is 0.775. The lowest BCUT2D eigenvalue weighted by molar-refractivity contribution is 0.240. The summed E-state index contributed by atoms with van der Waals surface area (Å²) in [6.07, 6.45) is 4.57. The first-order chi connectivity index (χ1) is 11.6. The first-order valence-electron chi connectivity index (χ1n) is 8.37. The van der Waals surface area contributed by atoms with Crippen LogP contribution < -0.4 is 5.56 Å². The largest absolute Gasteiger partial charge is 0.346 e. The van der Waals surface area contributed by atoms with Gasteiger partial charge in [-0.3, -0.25) is 9.69 Å². The average Bonchev–Trinajstić information content (AvgIpc) is 2.97. The summed E-state index contributed by atoms with van der Waals surface area (Å²) in [5.41, 5.74) is 3.94. The van der Waals surface area contributed by atoms with Gasteiger partial charge in [-0.2, -0.15) is 0 Å². The number of aromatic amines is 2. The molecule has 4 heterocycles. The maximum atomic E-state index is 12.3. The predicted molar refractivity (Wildman–Crippen MR) is 92.9 cm³/mol. The van der Waals surface area contributed by atoms with Crippen LogP contribution in [0.1, 0.15) is 42.4 Å². The zero-order valence-electron chi connectivity index (χ0n) is 14.0. The zero-order valence-corrected chi connectivity index (χ0v) is 14.0.